The van der Waals surface area contributed by atoms with Crippen LogP contribution in [0.25, 0.3) is 0 Å². The van der Waals surface area contributed by atoms with Gasteiger partial charge in [0.2, 0.25) is 0 Å². The fourth-order valence-electron chi connectivity index (χ4n) is 6.29. The highest BCUT2D eigenvalue weighted by molar-refractivity contribution is 4.99. The third-order valence-electron chi connectivity index (χ3n) is 8.41. The van der Waals surface area contributed by atoms with E-state index in [1.807, 2.05) is 0 Å². The highest BCUT2D eigenvalue weighted by Gasteiger charge is 2.43. The van der Waals surface area contributed by atoms with Gasteiger partial charge in [0, 0.05) is 18.6 Å². The van der Waals surface area contributed by atoms with Crippen LogP contribution in [0.5, 0.6) is 0 Å². The SMILES string of the molecule is CCCCCCCCCCCCCCCCCCN(CCN)C12CCC(CC1)CC2. The van der Waals surface area contributed by atoms with Crippen molar-refractivity contribution in [3.63, 3.8) is 0 Å². The Bertz CT molecular complexity index is 372. The van der Waals surface area contributed by atoms with Crippen molar-refractivity contribution in [3.05, 3.63) is 0 Å². The van der Waals surface area contributed by atoms with Gasteiger partial charge in [-0.25, -0.2) is 0 Å². The van der Waals surface area contributed by atoms with E-state index >= 15 is 0 Å². The van der Waals surface area contributed by atoms with Gasteiger partial charge in [-0.3, -0.25) is 4.90 Å². The second-order valence-electron chi connectivity index (χ2n) is 10.8. The van der Waals surface area contributed by atoms with Gasteiger partial charge in [0.15, 0.2) is 0 Å². The lowest BCUT2D eigenvalue weighted by atomic mass is 9.65. The average Bonchev–Trinajstić information content (AvgIpc) is 2.79. The Kier molecular flexibility index (Phi) is 14.4. The number of fused-ring (bicyclic) bond motifs is 3. The van der Waals surface area contributed by atoms with Crippen LogP contribution in [0.2, 0.25) is 0 Å². The molecule has 0 heterocycles. The number of unbranched alkanes of at least 4 members (excludes halogenated alkanes) is 15. The molecular formula is C28H56N2. The Hall–Kier alpha value is -0.0800. The van der Waals surface area contributed by atoms with E-state index in [1.54, 1.807) is 0 Å². The maximum absolute atomic E-state index is 5.98. The summed E-state index contributed by atoms with van der Waals surface area (Å²) in [6.07, 6.45) is 32.1. The standard InChI is InChI=1S/C28H56N2/c1-2-3-4-5-6-7-8-9-10-11-12-13-14-15-16-17-25-30(26-24-29)28-21-18-27(19-22-28)20-23-28/h27H,2-26,29H2,1H3. The molecule has 0 aromatic carbocycles. The zero-order valence-electron chi connectivity index (χ0n) is 20.8. The molecule has 0 atom stereocenters. The number of nitrogens with two attached hydrogens (primary N) is 1. The molecule has 3 fully saturated rings. The third-order valence-corrected chi connectivity index (χ3v) is 8.41. The molecule has 30 heavy (non-hydrogen) atoms. The second kappa shape index (κ2) is 16.5. The van der Waals surface area contributed by atoms with Gasteiger partial charge >= 0.3 is 0 Å². The van der Waals surface area contributed by atoms with E-state index in [4.69, 9.17) is 5.73 Å². The van der Waals surface area contributed by atoms with Gasteiger partial charge in [-0.2, -0.15) is 0 Å². The van der Waals surface area contributed by atoms with Gasteiger partial charge in [-0.1, -0.05) is 103 Å². The molecule has 3 rings (SSSR count). The summed E-state index contributed by atoms with van der Waals surface area (Å²) < 4.78 is 0. The predicted molar refractivity (Wildman–Crippen MR) is 134 cm³/mol. The van der Waals surface area contributed by atoms with Crippen LogP contribution >= 0.6 is 0 Å². The fraction of sp³-hybridized carbons (Fsp3) is 1.00. The van der Waals surface area contributed by atoms with Crippen LogP contribution in [0, 0.1) is 5.92 Å². The van der Waals surface area contributed by atoms with Crippen molar-refractivity contribution in [3.8, 4) is 0 Å². The lowest BCUT2D eigenvalue weighted by molar-refractivity contribution is -0.0107. The highest BCUT2D eigenvalue weighted by Crippen LogP contribution is 2.47. The maximum Gasteiger partial charge on any atom is 0.0210 e. The zero-order valence-corrected chi connectivity index (χ0v) is 20.8. The third kappa shape index (κ3) is 10.0. The van der Waals surface area contributed by atoms with Gasteiger partial charge in [0.1, 0.15) is 0 Å². The molecule has 0 amide bonds. The number of hydrogen-bond acceptors (Lipinski definition) is 2. The number of hydrogen-bond donors (Lipinski definition) is 1. The van der Waals surface area contributed by atoms with Crippen LogP contribution < -0.4 is 5.73 Å². The monoisotopic (exact) mass is 420 g/mol. The Morgan fingerprint density at radius 2 is 1.00 bits per heavy atom. The quantitative estimate of drug-likeness (QED) is 0.201. The summed E-state index contributed by atoms with van der Waals surface area (Å²) in [4.78, 5) is 2.83. The van der Waals surface area contributed by atoms with Crippen LogP contribution in [-0.2, 0) is 0 Å². The van der Waals surface area contributed by atoms with Gasteiger partial charge < -0.3 is 5.73 Å². The van der Waals surface area contributed by atoms with Crippen molar-refractivity contribution in [1.29, 1.82) is 0 Å². The summed E-state index contributed by atoms with van der Waals surface area (Å²) in [5, 5.41) is 0. The lowest BCUT2D eigenvalue weighted by Gasteiger charge is -2.53. The first kappa shape index (κ1) is 26.2. The molecule has 0 aromatic heterocycles. The molecule has 2 N–H and O–H groups in total. The molecule has 0 unspecified atom stereocenters. The van der Waals surface area contributed by atoms with E-state index in [-0.39, 0.29) is 0 Å². The molecule has 0 aliphatic heterocycles. The molecule has 2 nitrogen and oxygen atoms in total. The smallest absolute Gasteiger partial charge is 0.0210 e. The van der Waals surface area contributed by atoms with Gasteiger partial charge in [-0.05, 0) is 57.4 Å². The molecule has 3 aliphatic carbocycles. The first-order valence-corrected chi connectivity index (χ1v) is 14.3. The molecule has 3 aliphatic rings. The molecule has 2 heteroatoms. The van der Waals surface area contributed by atoms with Gasteiger partial charge in [0.25, 0.3) is 0 Å². The first-order valence-electron chi connectivity index (χ1n) is 14.3. The summed E-state index contributed by atoms with van der Waals surface area (Å²) in [7, 11) is 0. The second-order valence-corrected chi connectivity index (χ2v) is 10.8. The minimum atomic E-state index is 0.545. The summed E-state index contributed by atoms with van der Waals surface area (Å²) >= 11 is 0. The van der Waals surface area contributed by atoms with Crippen LogP contribution in [0.4, 0.5) is 0 Å². The minimum Gasteiger partial charge on any atom is -0.329 e. The van der Waals surface area contributed by atoms with Crippen LogP contribution in [0.3, 0.4) is 0 Å². The van der Waals surface area contributed by atoms with Crippen molar-refractivity contribution in [2.75, 3.05) is 19.6 Å². The van der Waals surface area contributed by atoms with Gasteiger partial charge in [-0.15, -0.1) is 0 Å². The normalized spacial score (nSPS) is 23.5. The minimum absolute atomic E-state index is 0.545. The van der Waals surface area contributed by atoms with E-state index in [0.717, 1.165) is 19.0 Å². The largest absolute Gasteiger partial charge is 0.329 e. The highest BCUT2D eigenvalue weighted by atomic mass is 15.2. The Labute approximate surface area is 190 Å². The lowest BCUT2D eigenvalue weighted by Crippen LogP contribution is -2.55. The Morgan fingerprint density at radius 1 is 0.600 bits per heavy atom. The van der Waals surface area contributed by atoms with Gasteiger partial charge in [0.05, 0.1) is 0 Å². The van der Waals surface area contributed by atoms with E-state index in [1.165, 1.54) is 148 Å². The molecule has 2 bridgehead atoms. The van der Waals surface area contributed by atoms with Crippen LogP contribution in [-0.4, -0.2) is 30.1 Å². The molecule has 0 aromatic rings. The Balaban J connectivity index is 1.38. The van der Waals surface area contributed by atoms with Crippen molar-refractivity contribution in [2.45, 2.75) is 154 Å². The molecule has 3 saturated carbocycles. The number of rotatable bonds is 20. The maximum atomic E-state index is 5.98. The molecule has 0 spiro atoms. The van der Waals surface area contributed by atoms with Crippen molar-refractivity contribution >= 4 is 0 Å². The summed E-state index contributed by atoms with van der Waals surface area (Å²) in [6.45, 7) is 5.57. The summed E-state index contributed by atoms with van der Waals surface area (Å²) in [6, 6.07) is 0. The van der Waals surface area contributed by atoms with Crippen LogP contribution in [0.1, 0.15) is 148 Å². The zero-order chi connectivity index (χ0) is 21.3. The molecular weight excluding hydrogens is 364 g/mol. The van der Waals surface area contributed by atoms with Crippen LogP contribution in [0.15, 0.2) is 0 Å². The van der Waals surface area contributed by atoms with Crippen molar-refractivity contribution < 1.29 is 0 Å². The Morgan fingerprint density at radius 3 is 1.40 bits per heavy atom. The number of nitrogens with zero attached hydrogens (tertiary/aromatic N) is 1. The molecule has 178 valence electrons. The van der Waals surface area contributed by atoms with E-state index < -0.39 is 0 Å². The van der Waals surface area contributed by atoms with E-state index in [9.17, 15) is 0 Å². The van der Waals surface area contributed by atoms with Crippen molar-refractivity contribution in [2.24, 2.45) is 11.7 Å². The molecule has 0 saturated heterocycles. The van der Waals surface area contributed by atoms with E-state index in [2.05, 4.69) is 11.8 Å². The average molecular weight is 421 g/mol. The fourth-order valence-corrected chi connectivity index (χ4v) is 6.29. The summed E-state index contributed by atoms with van der Waals surface area (Å²) in [5.74, 6) is 1.06. The summed E-state index contributed by atoms with van der Waals surface area (Å²) in [5.41, 5.74) is 6.53. The topological polar surface area (TPSA) is 29.3 Å². The first-order chi connectivity index (χ1) is 14.8. The molecule has 0 radical (unpaired) electrons. The predicted octanol–water partition coefficient (Wildman–Crippen LogP) is 8.23. The van der Waals surface area contributed by atoms with Crippen molar-refractivity contribution in [1.82, 2.24) is 4.90 Å². The van der Waals surface area contributed by atoms with E-state index in [0.29, 0.717) is 5.54 Å².